The zero-order valence-electron chi connectivity index (χ0n) is 10.9. The van der Waals surface area contributed by atoms with Crippen molar-refractivity contribution in [3.63, 3.8) is 0 Å². The highest BCUT2D eigenvalue weighted by Crippen LogP contribution is 2.45. The minimum atomic E-state index is -3.91. The van der Waals surface area contributed by atoms with E-state index in [1.54, 1.807) is 11.8 Å². The van der Waals surface area contributed by atoms with Gasteiger partial charge in [-0.2, -0.15) is 8.42 Å². The lowest BCUT2D eigenvalue weighted by Crippen LogP contribution is -2.21. The maximum Gasteiger partial charge on any atom is 0.264 e. The van der Waals surface area contributed by atoms with Crippen LogP contribution in [0.15, 0.2) is 40.3 Å². The fourth-order valence-corrected chi connectivity index (χ4v) is 3.84. The van der Waals surface area contributed by atoms with Gasteiger partial charge in [0.05, 0.1) is 16.5 Å². The van der Waals surface area contributed by atoms with E-state index in [4.69, 9.17) is 16.8 Å². The molecule has 0 aromatic heterocycles. The summed E-state index contributed by atoms with van der Waals surface area (Å²) in [6.45, 7) is 2.38. The zero-order chi connectivity index (χ0) is 14.8. The summed E-state index contributed by atoms with van der Waals surface area (Å²) in [6, 6.07) is 7.93. The summed E-state index contributed by atoms with van der Waals surface area (Å²) in [5.74, 6) is -0.236. The van der Waals surface area contributed by atoms with E-state index in [2.05, 4.69) is 0 Å². The van der Waals surface area contributed by atoms with Crippen molar-refractivity contribution >= 4 is 44.6 Å². The monoisotopic (exact) mass is 329 g/mol. The first-order valence-electron chi connectivity index (χ1n) is 6.09. The number of rotatable bonds is 5. The Balaban J connectivity index is 2.19. The lowest BCUT2D eigenvalue weighted by Gasteiger charge is -2.20. The lowest BCUT2D eigenvalue weighted by molar-refractivity contribution is 0.481. The molecule has 0 saturated carbocycles. The second kappa shape index (κ2) is 6.26. The average Bonchev–Trinajstić information content (AvgIpc) is 2.65. The zero-order valence-corrected chi connectivity index (χ0v) is 13.4. The number of thioether (sulfide) groups is 1. The highest BCUT2D eigenvalue weighted by molar-refractivity contribution is 8.03. The van der Waals surface area contributed by atoms with Crippen LogP contribution in [0.1, 0.15) is 13.3 Å². The minimum absolute atomic E-state index is 0.236. The minimum Gasteiger partial charge on any atom is -0.335 e. The van der Waals surface area contributed by atoms with Crippen molar-refractivity contribution in [3.05, 3.63) is 35.4 Å². The molecule has 1 aromatic carbocycles. The van der Waals surface area contributed by atoms with Gasteiger partial charge in [0.15, 0.2) is 0 Å². The van der Waals surface area contributed by atoms with Crippen LogP contribution in [-0.4, -0.2) is 30.1 Å². The molecule has 2 rings (SSSR count). The van der Waals surface area contributed by atoms with Gasteiger partial charge in [-0.05, 0) is 31.6 Å². The van der Waals surface area contributed by atoms with E-state index in [9.17, 15) is 8.42 Å². The van der Waals surface area contributed by atoms with Gasteiger partial charge < -0.3 is 4.90 Å². The lowest BCUT2D eigenvalue weighted by atomic mass is 10.3. The molecule has 7 heteroatoms. The van der Waals surface area contributed by atoms with Crippen LogP contribution in [-0.2, 0) is 10.1 Å². The van der Waals surface area contributed by atoms with Gasteiger partial charge in [-0.3, -0.25) is 4.55 Å². The quantitative estimate of drug-likeness (QED) is 0.509. The van der Waals surface area contributed by atoms with Crippen molar-refractivity contribution in [1.82, 2.24) is 0 Å². The molecule has 1 N–H and O–H groups in total. The van der Waals surface area contributed by atoms with Gasteiger partial charge in [-0.15, -0.1) is 0 Å². The predicted octanol–water partition coefficient (Wildman–Crippen LogP) is 3.11. The Kier molecular flexibility index (Phi) is 4.85. The molecule has 1 aliphatic heterocycles. The number of benzene rings is 1. The number of hydrogen-bond acceptors (Lipinski definition) is 5. The molecule has 1 aliphatic rings. The Hall–Kier alpha value is -0.890. The number of allylic oxidation sites excluding steroid dienone is 1. The second-order valence-electron chi connectivity index (χ2n) is 4.45. The average molecular weight is 329 g/mol. The summed E-state index contributed by atoms with van der Waals surface area (Å²) in [5.41, 5.74) is 1.05. The predicted molar refractivity (Wildman–Crippen MR) is 87.0 cm³/mol. The van der Waals surface area contributed by atoms with Crippen LogP contribution >= 0.6 is 24.0 Å². The molecule has 0 aliphatic carbocycles. The number of hydrogen-bond donors (Lipinski definition) is 1. The van der Waals surface area contributed by atoms with E-state index in [1.807, 2.05) is 42.2 Å². The molecule has 4 nitrogen and oxygen atoms in total. The van der Waals surface area contributed by atoms with E-state index < -0.39 is 10.1 Å². The van der Waals surface area contributed by atoms with Crippen molar-refractivity contribution in [2.45, 2.75) is 18.2 Å². The van der Waals surface area contributed by atoms with E-state index in [0.29, 0.717) is 13.0 Å². The molecule has 108 valence electrons. The van der Waals surface area contributed by atoms with Gasteiger partial charge in [0.2, 0.25) is 0 Å². The molecule has 0 atom stereocenters. The van der Waals surface area contributed by atoms with Gasteiger partial charge in [0.25, 0.3) is 10.1 Å². The Labute approximate surface area is 128 Å². The van der Waals surface area contributed by atoms with Crippen molar-refractivity contribution in [2.75, 3.05) is 17.2 Å². The van der Waals surface area contributed by atoms with Crippen molar-refractivity contribution < 1.29 is 13.0 Å². The molecule has 1 heterocycles. The fourth-order valence-electron chi connectivity index (χ4n) is 1.97. The molecular formula is C13H15NO3S3. The van der Waals surface area contributed by atoms with E-state index >= 15 is 0 Å². The number of thiocarbonyl (C=S) groups is 1. The molecule has 0 fully saturated rings. The van der Waals surface area contributed by atoms with Gasteiger partial charge >= 0.3 is 0 Å². The smallest absolute Gasteiger partial charge is 0.264 e. The normalized spacial score (nSPS) is 16.5. The Morgan fingerprint density at radius 3 is 2.80 bits per heavy atom. The highest BCUT2D eigenvalue weighted by atomic mass is 32.2. The largest absolute Gasteiger partial charge is 0.335 e. The van der Waals surface area contributed by atoms with Crippen LogP contribution in [0.25, 0.3) is 0 Å². The highest BCUT2D eigenvalue weighted by Gasteiger charge is 2.24. The molecule has 1 aromatic rings. The summed E-state index contributed by atoms with van der Waals surface area (Å²) in [7, 11) is -3.91. The van der Waals surface area contributed by atoms with Crippen molar-refractivity contribution in [2.24, 2.45) is 0 Å². The van der Waals surface area contributed by atoms with Crippen LogP contribution in [0, 0.1) is 0 Å². The topological polar surface area (TPSA) is 57.6 Å². The van der Waals surface area contributed by atoms with Crippen LogP contribution in [0.3, 0.4) is 0 Å². The third-order valence-corrected chi connectivity index (χ3v) is 4.78. The molecule has 0 bridgehead atoms. The third kappa shape index (κ3) is 4.05. The third-order valence-electron chi connectivity index (χ3n) is 2.75. The summed E-state index contributed by atoms with van der Waals surface area (Å²) < 4.78 is 30.4. The maximum atomic E-state index is 10.8. The Morgan fingerprint density at radius 2 is 2.15 bits per heavy atom. The number of fused-ring (bicyclic) bond motifs is 1. The van der Waals surface area contributed by atoms with Crippen LogP contribution in [0.2, 0.25) is 0 Å². The van der Waals surface area contributed by atoms with Crippen LogP contribution in [0.4, 0.5) is 5.69 Å². The van der Waals surface area contributed by atoms with E-state index in [-0.39, 0.29) is 5.75 Å². The maximum absolute atomic E-state index is 10.8. The Morgan fingerprint density at radius 1 is 1.45 bits per heavy atom. The summed E-state index contributed by atoms with van der Waals surface area (Å²) in [5, 5.41) is 0.994. The van der Waals surface area contributed by atoms with Crippen LogP contribution < -0.4 is 4.90 Å². The molecule has 0 saturated heterocycles. The van der Waals surface area contributed by atoms with E-state index in [1.165, 1.54) is 0 Å². The van der Waals surface area contributed by atoms with Crippen molar-refractivity contribution in [3.8, 4) is 0 Å². The van der Waals surface area contributed by atoms with Gasteiger partial charge in [-0.1, -0.05) is 36.1 Å². The molecule has 0 unspecified atom stereocenters. The van der Waals surface area contributed by atoms with Crippen LogP contribution in [0.5, 0.6) is 0 Å². The molecule has 0 amide bonds. The summed E-state index contributed by atoms with van der Waals surface area (Å²) in [6.07, 6.45) is 2.27. The molecular weight excluding hydrogens is 314 g/mol. The number of nitrogens with zero attached hydrogens (tertiary/aromatic N) is 1. The summed E-state index contributed by atoms with van der Waals surface area (Å²) in [4.78, 5) is 3.95. The number of anilines is 1. The second-order valence-corrected chi connectivity index (χ2v) is 7.73. The summed E-state index contributed by atoms with van der Waals surface area (Å²) >= 11 is 6.73. The molecule has 0 radical (unpaired) electrons. The van der Waals surface area contributed by atoms with Gasteiger partial charge in [-0.25, -0.2) is 0 Å². The van der Waals surface area contributed by atoms with E-state index in [0.717, 1.165) is 20.5 Å². The van der Waals surface area contributed by atoms with Crippen molar-refractivity contribution in [1.29, 1.82) is 0 Å². The Bertz CT molecular complexity index is 653. The molecule has 0 spiro atoms. The first-order chi connectivity index (χ1) is 9.37. The number of para-hydroxylation sites is 1. The standard InChI is InChI=1S/C13H15NO3S3/c1-10(18)9-13-14(7-4-8-20(15,16)17)11-5-2-3-6-12(11)19-13/h2-3,5-6,9H,4,7-8H2,1H3,(H,15,16,17)/b13-9-. The fraction of sp³-hybridized carbons (Fsp3) is 0.308. The van der Waals surface area contributed by atoms with Gasteiger partial charge in [0.1, 0.15) is 0 Å². The molecule has 20 heavy (non-hydrogen) atoms. The van der Waals surface area contributed by atoms with Gasteiger partial charge in [0, 0.05) is 16.3 Å². The SMILES string of the molecule is CC(=S)/C=C1\Sc2ccccc2N1CCCS(=O)(=O)O. The first-order valence-corrected chi connectivity index (χ1v) is 8.92. The first kappa shape index (κ1) is 15.5.